The minimum Gasteiger partial charge on any atom is -0.271 e. The summed E-state index contributed by atoms with van der Waals surface area (Å²) in [5.41, 5.74) is 6.85. The van der Waals surface area contributed by atoms with Gasteiger partial charge in [-0.25, -0.2) is 0 Å². The Hall–Kier alpha value is -5.02. The lowest BCUT2D eigenvalue weighted by Crippen LogP contribution is -2.29. The average Bonchev–Trinajstić information content (AvgIpc) is 3.59. The van der Waals surface area contributed by atoms with Crippen LogP contribution in [0, 0.1) is 6.92 Å². The predicted octanol–water partition coefficient (Wildman–Crippen LogP) is 11.2. The zero-order valence-electron chi connectivity index (χ0n) is 27.5. The lowest BCUT2D eigenvalue weighted by molar-refractivity contribution is 0.455. The Labute approximate surface area is 273 Å². The number of fused-ring (bicyclic) bond motifs is 3. The van der Waals surface area contributed by atoms with E-state index in [-0.39, 0.29) is 17.2 Å². The molecule has 0 bridgehead atoms. The van der Waals surface area contributed by atoms with E-state index in [0.717, 1.165) is 70.3 Å². The summed E-state index contributed by atoms with van der Waals surface area (Å²) < 4.78 is 1.58. The fraction of sp³-hybridized carbons (Fsp3) is 0.227. The Balaban J connectivity index is 1.58. The highest BCUT2D eigenvalue weighted by Gasteiger charge is 2.30. The van der Waals surface area contributed by atoms with E-state index < -0.39 is 0 Å². The van der Waals surface area contributed by atoms with Gasteiger partial charge < -0.3 is 0 Å². The topological polar surface area (TPSA) is 39.1 Å². The summed E-state index contributed by atoms with van der Waals surface area (Å²) in [4.78, 5) is 29.3. The van der Waals surface area contributed by atoms with Crippen molar-refractivity contribution in [3.8, 4) is 22.3 Å². The Morgan fingerprint density at radius 3 is 1.66 bits per heavy atom. The van der Waals surface area contributed by atoms with Gasteiger partial charge in [0.05, 0.1) is 10.8 Å². The smallest absolute Gasteiger partial charge is 0.262 e. The van der Waals surface area contributed by atoms with Gasteiger partial charge in [0.2, 0.25) is 0 Å². The summed E-state index contributed by atoms with van der Waals surface area (Å²) in [5, 5.41) is 12.5. The van der Waals surface area contributed by atoms with Gasteiger partial charge >= 0.3 is 0 Å². The van der Waals surface area contributed by atoms with Crippen molar-refractivity contribution in [2.45, 2.75) is 65.8 Å². The van der Waals surface area contributed by atoms with Crippen LogP contribution in [0.3, 0.4) is 0 Å². The Bertz CT molecular complexity index is 2750. The molecule has 0 unspecified atom stereocenters. The molecule has 0 N–H and O–H groups in total. The molecule has 3 heteroatoms. The van der Waals surface area contributed by atoms with Gasteiger partial charge in [-0.2, -0.15) is 0 Å². The van der Waals surface area contributed by atoms with Crippen LogP contribution in [0.5, 0.6) is 0 Å². The number of hydrogen-bond acceptors (Lipinski definition) is 2. The largest absolute Gasteiger partial charge is 0.271 e. The molecule has 1 heterocycles. The van der Waals surface area contributed by atoms with E-state index in [9.17, 15) is 9.59 Å². The molecule has 3 nitrogen and oxygen atoms in total. The molecule has 0 amide bonds. The summed E-state index contributed by atoms with van der Waals surface area (Å²) in [6.45, 7) is 8.53. The maximum Gasteiger partial charge on any atom is 0.262 e. The van der Waals surface area contributed by atoms with Gasteiger partial charge in [-0.05, 0) is 132 Å². The SMILES string of the molecule is CCCCc1ccccc1-c1cc2c3c(=O)n(C(CC)CC)c(=O)c3c3cc(-c4ccccc4C)c4ccc5ccc1c1c5c4c3c21. The summed E-state index contributed by atoms with van der Waals surface area (Å²) >= 11 is 0. The average molecular weight is 612 g/mol. The predicted molar refractivity (Wildman–Crippen MR) is 201 cm³/mol. The minimum atomic E-state index is -0.149. The normalized spacial score (nSPS) is 12.6. The van der Waals surface area contributed by atoms with Crippen molar-refractivity contribution in [3.05, 3.63) is 117 Å². The molecule has 230 valence electrons. The molecule has 8 aromatic carbocycles. The molecule has 0 fully saturated rings. The first-order valence-electron chi connectivity index (χ1n) is 17.3. The molecule has 9 rings (SSSR count). The van der Waals surface area contributed by atoms with E-state index in [1.807, 2.05) is 0 Å². The van der Waals surface area contributed by atoms with E-state index >= 15 is 0 Å². The molecule has 0 saturated heterocycles. The fourth-order valence-corrected chi connectivity index (χ4v) is 8.88. The van der Waals surface area contributed by atoms with Crippen molar-refractivity contribution in [2.75, 3.05) is 0 Å². The first kappa shape index (κ1) is 28.2. The van der Waals surface area contributed by atoms with Gasteiger partial charge in [0.1, 0.15) is 0 Å². The van der Waals surface area contributed by atoms with Crippen LogP contribution >= 0.6 is 0 Å². The van der Waals surface area contributed by atoms with E-state index in [1.165, 1.54) is 49.0 Å². The van der Waals surface area contributed by atoms with Crippen molar-refractivity contribution >= 4 is 64.6 Å². The first-order valence-corrected chi connectivity index (χ1v) is 17.3. The van der Waals surface area contributed by atoms with Crippen LogP contribution in [0.25, 0.3) is 86.9 Å². The summed E-state index contributed by atoms with van der Waals surface area (Å²) in [6.07, 6.45) is 4.72. The summed E-state index contributed by atoms with van der Waals surface area (Å²) in [5.74, 6) is 0. The zero-order valence-corrected chi connectivity index (χ0v) is 27.5. The second-order valence-electron chi connectivity index (χ2n) is 13.5. The highest BCUT2D eigenvalue weighted by molar-refractivity contribution is 6.50. The number of aromatic nitrogens is 1. The molecule has 0 aliphatic rings. The molecule has 1 aromatic heterocycles. The number of nitrogens with zero attached hydrogens (tertiary/aromatic N) is 1. The number of rotatable bonds is 8. The van der Waals surface area contributed by atoms with Gasteiger partial charge in [-0.1, -0.05) is 100.0 Å². The van der Waals surface area contributed by atoms with Crippen molar-refractivity contribution < 1.29 is 0 Å². The van der Waals surface area contributed by atoms with Crippen LogP contribution in [0.4, 0.5) is 0 Å². The van der Waals surface area contributed by atoms with Gasteiger partial charge in [0.25, 0.3) is 11.1 Å². The van der Waals surface area contributed by atoms with E-state index in [4.69, 9.17) is 0 Å². The van der Waals surface area contributed by atoms with E-state index in [0.29, 0.717) is 10.8 Å². The fourth-order valence-electron chi connectivity index (χ4n) is 8.88. The van der Waals surface area contributed by atoms with Crippen molar-refractivity contribution in [2.24, 2.45) is 0 Å². The second-order valence-corrected chi connectivity index (χ2v) is 13.5. The third kappa shape index (κ3) is 3.63. The third-order valence-electron chi connectivity index (χ3n) is 11.1. The van der Waals surface area contributed by atoms with Crippen LogP contribution in [0.1, 0.15) is 63.6 Å². The van der Waals surface area contributed by atoms with Gasteiger partial charge in [0, 0.05) is 6.04 Å². The maximum absolute atomic E-state index is 14.7. The van der Waals surface area contributed by atoms with E-state index in [1.54, 1.807) is 4.57 Å². The van der Waals surface area contributed by atoms with Crippen LogP contribution < -0.4 is 11.1 Å². The van der Waals surface area contributed by atoms with Crippen molar-refractivity contribution in [3.63, 3.8) is 0 Å². The molecule has 0 aliphatic carbocycles. The number of unbranched alkanes of at least 4 members (excludes halogenated alkanes) is 1. The monoisotopic (exact) mass is 611 g/mol. The van der Waals surface area contributed by atoms with Crippen LogP contribution in [-0.2, 0) is 6.42 Å². The molecule has 0 spiro atoms. The van der Waals surface area contributed by atoms with Gasteiger partial charge in [-0.15, -0.1) is 0 Å². The standard InChI is InChI=1S/C44H37NO2/c1-5-8-14-25-15-10-12-17-29(25)33-23-35-40-38-31(33)21-19-26-18-20-30-32(28-16-11-9-13-24(28)4)22-34(39(40)37(30)36(26)38)41-42(35)44(47)45(43(41)46)27(6-2)7-3/h9-13,15-23,27H,5-8,14H2,1-4H3. The lowest BCUT2D eigenvalue weighted by Gasteiger charge is -2.15. The first-order chi connectivity index (χ1) is 23.0. The van der Waals surface area contributed by atoms with E-state index in [2.05, 4.69) is 113 Å². The number of aryl methyl sites for hydroxylation is 2. The van der Waals surface area contributed by atoms with Crippen molar-refractivity contribution in [1.29, 1.82) is 0 Å². The third-order valence-corrected chi connectivity index (χ3v) is 11.1. The van der Waals surface area contributed by atoms with Crippen LogP contribution in [0.2, 0.25) is 0 Å². The van der Waals surface area contributed by atoms with Gasteiger partial charge in [-0.3, -0.25) is 14.2 Å². The Morgan fingerprint density at radius 1 is 0.553 bits per heavy atom. The molecule has 0 atom stereocenters. The van der Waals surface area contributed by atoms with Crippen LogP contribution in [-0.4, -0.2) is 4.57 Å². The lowest BCUT2D eigenvalue weighted by atomic mass is 9.87. The molecule has 0 radical (unpaired) electrons. The van der Waals surface area contributed by atoms with Gasteiger partial charge in [0.15, 0.2) is 0 Å². The highest BCUT2D eigenvalue weighted by Crippen LogP contribution is 2.54. The number of benzene rings is 7. The quantitative estimate of drug-likeness (QED) is 0.160. The highest BCUT2D eigenvalue weighted by atomic mass is 16.2. The Morgan fingerprint density at radius 2 is 1.09 bits per heavy atom. The summed E-state index contributed by atoms with van der Waals surface area (Å²) in [7, 11) is 0. The van der Waals surface area contributed by atoms with Crippen LogP contribution in [0.15, 0.2) is 94.5 Å². The number of hydrogen-bond donors (Lipinski definition) is 0. The Kier molecular flexibility index (Phi) is 6.15. The maximum atomic E-state index is 14.7. The zero-order chi connectivity index (χ0) is 32.1. The molecule has 0 saturated carbocycles. The second kappa shape index (κ2) is 10.2. The minimum absolute atomic E-state index is 0.135. The molecular formula is C44H37NO2. The van der Waals surface area contributed by atoms with Crippen molar-refractivity contribution in [1.82, 2.24) is 4.57 Å². The summed E-state index contributed by atoms with van der Waals surface area (Å²) in [6, 6.07) is 30.6. The molecule has 9 aromatic rings. The molecule has 47 heavy (non-hydrogen) atoms. The molecule has 0 aliphatic heterocycles. The molecular weight excluding hydrogens is 574 g/mol.